The third kappa shape index (κ3) is 5.27. The first kappa shape index (κ1) is 24.9. The normalized spacial score (nSPS) is 22.2. The first-order chi connectivity index (χ1) is 18.7. The molecule has 38 heavy (non-hydrogen) atoms. The highest BCUT2D eigenvalue weighted by molar-refractivity contribution is 5.94. The average molecular weight is 513 g/mol. The molecule has 3 aliphatic rings. The van der Waals surface area contributed by atoms with E-state index in [2.05, 4.69) is 69.1 Å². The summed E-state index contributed by atoms with van der Waals surface area (Å²) >= 11 is 0. The van der Waals surface area contributed by atoms with Crippen LogP contribution in [0.15, 0.2) is 42.5 Å². The molecule has 3 aliphatic heterocycles. The van der Waals surface area contributed by atoms with Crippen LogP contribution in [-0.2, 0) is 17.7 Å². The van der Waals surface area contributed by atoms with Crippen LogP contribution in [0.1, 0.15) is 24.1 Å². The summed E-state index contributed by atoms with van der Waals surface area (Å²) in [6, 6.07) is 15.5. The van der Waals surface area contributed by atoms with E-state index in [9.17, 15) is 0 Å². The predicted octanol–water partition coefficient (Wildman–Crippen LogP) is 4.04. The number of ether oxygens (including phenoxy) is 2. The second kappa shape index (κ2) is 11.1. The molecule has 0 N–H and O–H groups in total. The summed E-state index contributed by atoms with van der Waals surface area (Å²) in [5.41, 5.74) is 3.51. The van der Waals surface area contributed by atoms with Gasteiger partial charge in [-0.05, 0) is 37.8 Å². The summed E-state index contributed by atoms with van der Waals surface area (Å²) in [5.74, 6) is 1.39. The topological polar surface area (TPSA) is 58.3 Å². The fourth-order valence-corrected chi connectivity index (χ4v) is 6.08. The highest BCUT2D eigenvalue weighted by atomic mass is 16.5. The van der Waals surface area contributed by atoms with Gasteiger partial charge in [-0.25, -0.2) is 6.57 Å². The molecule has 8 nitrogen and oxygen atoms in total. The van der Waals surface area contributed by atoms with E-state index in [0.717, 1.165) is 76.6 Å². The number of rotatable bonds is 6. The lowest BCUT2D eigenvalue weighted by atomic mass is 9.96. The van der Waals surface area contributed by atoms with E-state index >= 15 is 0 Å². The zero-order chi connectivity index (χ0) is 25.9. The lowest BCUT2D eigenvalue weighted by Gasteiger charge is -2.36. The molecular formula is C30H36N6O2. The fraction of sp³-hybridized carbons (Fsp3) is 0.500. The highest BCUT2D eigenvalue weighted by Gasteiger charge is 2.30. The molecule has 1 aromatic heterocycles. The number of piperidine rings is 1. The molecule has 0 spiro atoms. The van der Waals surface area contributed by atoms with Crippen LogP contribution < -0.4 is 14.5 Å². The Labute approximate surface area is 225 Å². The van der Waals surface area contributed by atoms with Crippen molar-refractivity contribution in [1.82, 2.24) is 14.9 Å². The second-order valence-corrected chi connectivity index (χ2v) is 10.8. The summed E-state index contributed by atoms with van der Waals surface area (Å²) < 4.78 is 12.1. The van der Waals surface area contributed by atoms with Crippen molar-refractivity contribution in [3.8, 4) is 6.01 Å². The third-order valence-electron chi connectivity index (χ3n) is 8.04. The fourth-order valence-electron chi connectivity index (χ4n) is 6.08. The van der Waals surface area contributed by atoms with Crippen molar-refractivity contribution < 1.29 is 9.47 Å². The molecule has 2 saturated heterocycles. The molecule has 198 valence electrons. The van der Waals surface area contributed by atoms with Crippen molar-refractivity contribution in [3.63, 3.8) is 0 Å². The Morgan fingerprint density at radius 3 is 2.84 bits per heavy atom. The van der Waals surface area contributed by atoms with Gasteiger partial charge in [0.25, 0.3) is 0 Å². The first-order valence-corrected chi connectivity index (χ1v) is 13.8. The van der Waals surface area contributed by atoms with Crippen molar-refractivity contribution in [2.75, 3.05) is 69.3 Å². The number of anilines is 2. The molecule has 2 atom stereocenters. The van der Waals surface area contributed by atoms with E-state index in [-0.39, 0.29) is 6.10 Å². The van der Waals surface area contributed by atoms with Crippen LogP contribution in [0, 0.1) is 12.5 Å². The third-order valence-corrected chi connectivity index (χ3v) is 8.04. The first-order valence-electron chi connectivity index (χ1n) is 13.8. The van der Waals surface area contributed by atoms with Gasteiger partial charge in [-0.2, -0.15) is 9.97 Å². The largest absolute Gasteiger partial charge is 0.461 e. The van der Waals surface area contributed by atoms with Gasteiger partial charge in [-0.15, -0.1) is 0 Å². The molecule has 8 heteroatoms. The number of aromatic nitrogens is 2. The van der Waals surface area contributed by atoms with Crippen LogP contribution >= 0.6 is 0 Å². The summed E-state index contributed by atoms with van der Waals surface area (Å²) in [6.45, 7) is 14.4. The minimum atomic E-state index is 0.0158. The Balaban J connectivity index is 1.30. The van der Waals surface area contributed by atoms with Crippen molar-refractivity contribution in [1.29, 1.82) is 0 Å². The maximum absolute atomic E-state index is 7.36. The summed E-state index contributed by atoms with van der Waals surface area (Å²) in [6.07, 6.45) is 3.09. The molecule has 0 amide bonds. The Kier molecular flexibility index (Phi) is 7.30. The quantitative estimate of drug-likeness (QED) is 0.462. The summed E-state index contributed by atoms with van der Waals surface area (Å²) in [4.78, 5) is 20.7. The van der Waals surface area contributed by atoms with Gasteiger partial charge in [-0.1, -0.05) is 36.4 Å². The van der Waals surface area contributed by atoms with E-state index < -0.39 is 0 Å². The molecule has 2 fully saturated rings. The van der Waals surface area contributed by atoms with E-state index in [1.807, 2.05) is 0 Å². The van der Waals surface area contributed by atoms with Crippen LogP contribution in [0.25, 0.3) is 15.6 Å². The van der Waals surface area contributed by atoms with Crippen LogP contribution in [0.3, 0.4) is 0 Å². The molecule has 0 saturated carbocycles. The van der Waals surface area contributed by atoms with Crippen molar-refractivity contribution >= 4 is 22.3 Å². The number of likely N-dealkylation sites (N-methyl/N-ethyl adjacent to an activating group) is 1. The number of hydrogen-bond acceptors (Lipinski definition) is 7. The molecule has 2 aromatic carbocycles. The maximum Gasteiger partial charge on any atom is 0.318 e. The Morgan fingerprint density at radius 2 is 1.95 bits per heavy atom. The van der Waals surface area contributed by atoms with E-state index in [1.165, 1.54) is 22.0 Å². The lowest BCUT2D eigenvalue weighted by molar-refractivity contribution is -0.0417. The molecule has 0 bridgehead atoms. The van der Waals surface area contributed by atoms with Crippen LogP contribution in [0.5, 0.6) is 6.01 Å². The van der Waals surface area contributed by atoms with Crippen molar-refractivity contribution in [2.45, 2.75) is 31.9 Å². The standard InChI is InChI=1S/C30H36N6O2/c1-31-17-22-7-6-13-36(18-22)29-26-12-14-35(28-11-5-9-23-8-3-4-10-25(23)28)20-27(26)32-30(33-29)38-21-24-19-34(2)15-16-37-24/h3-5,8-11,22,24H,6-7,12-21H2,2H3/t22-,24+/m0/s1. The molecule has 0 radical (unpaired) electrons. The number of morpholine rings is 1. The van der Waals surface area contributed by atoms with Gasteiger partial charge in [0.15, 0.2) is 0 Å². The van der Waals surface area contributed by atoms with Crippen LogP contribution in [-0.4, -0.2) is 80.5 Å². The maximum atomic E-state index is 7.36. The van der Waals surface area contributed by atoms with Gasteiger partial charge in [0.1, 0.15) is 18.5 Å². The van der Waals surface area contributed by atoms with Gasteiger partial charge in [0.2, 0.25) is 6.54 Å². The minimum Gasteiger partial charge on any atom is -0.461 e. The number of nitrogens with zero attached hydrogens (tertiary/aromatic N) is 6. The van der Waals surface area contributed by atoms with Gasteiger partial charge in [-0.3, -0.25) is 0 Å². The number of benzene rings is 2. The smallest absolute Gasteiger partial charge is 0.318 e. The minimum absolute atomic E-state index is 0.0158. The second-order valence-electron chi connectivity index (χ2n) is 10.8. The zero-order valence-electron chi connectivity index (χ0n) is 22.2. The van der Waals surface area contributed by atoms with E-state index in [1.54, 1.807) is 0 Å². The molecule has 0 unspecified atom stereocenters. The summed E-state index contributed by atoms with van der Waals surface area (Å²) in [7, 11) is 2.11. The van der Waals surface area contributed by atoms with Gasteiger partial charge in [0.05, 0.1) is 18.8 Å². The van der Waals surface area contributed by atoms with Gasteiger partial charge in [0, 0.05) is 55.3 Å². The van der Waals surface area contributed by atoms with Crippen molar-refractivity contribution in [2.24, 2.45) is 5.92 Å². The predicted molar refractivity (Wildman–Crippen MR) is 150 cm³/mol. The highest BCUT2D eigenvalue weighted by Crippen LogP contribution is 2.35. The molecule has 3 aromatic rings. The van der Waals surface area contributed by atoms with Crippen LogP contribution in [0.2, 0.25) is 0 Å². The van der Waals surface area contributed by atoms with E-state index in [0.29, 0.717) is 25.1 Å². The van der Waals surface area contributed by atoms with Gasteiger partial charge >= 0.3 is 6.01 Å². The molecule has 0 aliphatic carbocycles. The molecular weight excluding hydrogens is 476 g/mol. The SMILES string of the molecule is [C-]#[N+]C[C@@H]1CCCN(c2nc(OC[C@H]3CN(C)CCO3)nc3c2CCN(c2cccc4ccccc24)C3)C1. The Morgan fingerprint density at radius 1 is 1.05 bits per heavy atom. The summed E-state index contributed by atoms with van der Waals surface area (Å²) in [5, 5.41) is 2.51. The van der Waals surface area contributed by atoms with Crippen molar-refractivity contribution in [3.05, 3.63) is 65.1 Å². The zero-order valence-corrected chi connectivity index (χ0v) is 22.2. The van der Waals surface area contributed by atoms with Crippen LogP contribution in [0.4, 0.5) is 11.5 Å². The number of fused-ring (bicyclic) bond motifs is 2. The molecule has 6 rings (SSSR count). The van der Waals surface area contributed by atoms with E-state index in [4.69, 9.17) is 26.0 Å². The average Bonchev–Trinajstić information content (AvgIpc) is 2.95. The lowest BCUT2D eigenvalue weighted by Crippen LogP contribution is -2.43. The monoisotopic (exact) mass is 512 g/mol. The Bertz CT molecular complexity index is 1320. The van der Waals surface area contributed by atoms with Gasteiger partial charge < -0.3 is 29.0 Å². The molecule has 4 heterocycles. The number of hydrogen-bond donors (Lipinski definition) is 0. The Hall–Kier alpha value is -3.41.